The van der Waals surface area contributed by atoms with E-state index < -0.39 is 0 Å². The number of nitrogens with zero attached hydrogens (tertiary/aromatic N) is 1. The molecule has 0 heterocycles. The van der Waals surface area contributed by atoms with Crippen molar-refractivity contribution in [1.82, 2.24) is 8.43 Å². The van der Waals surface area contributed by atoms with Gasteiger partial charge in [-0.1, -0.05) is 0 Å². The normalized spacial score (nSPS) is 11.3. The van der Waals surface area contributed by atoms with E-state index in [4.69, 9.17) is 0 Å². The predicted octanol–water partition coefficient (Wildman–Crippen LogP) is 1.27. The van der Waals surface area contributed by atoms with Crippen LogP contribution in [0.4, 0.5) is 0 Å². The Balaban J connectivity index is 3.16. The van der Waals surface area contributed by atoms with Crippen LogP contribution in [0.2, 0.25) is 0 Å². The molecule has 2 nitrogen and oxygen atoms in total. The van der Waals surface area contributed by atoms with Crippen LogP contribution in [-0.4, -0.2) is 31.1 Å². The Bertz CT molecular complexity index is 66.1. The Morgan fingerprint density at radius 3 is 2.44 bits per heavy atom. The minimum absolute atomic E-state index is 0.662. The SMILES string of the molecule is CC(C)N(C)CCNI. The van der Waals surface area contributed by atoms with Crippen LogP contribution in [0, 0.1) is 0 Å². The lowest BCUT2D eigenvalue weighted by atomic mass is 10.3. The van der Waals surface area contributed by atoms with Crippen molar-refractivity contribution < 1.29 is 0 Å². The van der Waals surface area contributed by atoms with Gasteiger partial charge in [0.1, 0.15) is 0 Å². The molecule has 0 aliphatic rings. The van der Waals surface area contributed by atoms with Crippen molar-refractivity contribution in [2.45, 2.75) is 19.9 Å². The van der Waals surface area contributed by atoms with Gasteiger partial charge in [0.2, 0.25) is 0 Å². The molecule has 0 atom stereocenters. The summed E-state index contributed by atoms with van der Waals surface area (Å²) in [5.74, 6) is 0. The maximum atomic E-state index is 3.08. The highest BCUT2D eigenvalue weighted by Gasteiger charge is 1.99. The van der Waals surface area contributed by atoms with E-state index in [2.05, 4.69) is 52.2 Å². The Hall–Kier alpha value is 0.650. The first kappa shape index (κ1) is 9.65. The summed E-state index contributed by atoms with van der Waals surface area (Å²) in [6, 6.07) is 0.662. The van der Waals surface area contributed by atoms with Crippen LogP contribution in [0.15, 0.2) is 0 Å². The summed E-state index contributed by atoms with van der Waals surface area (Å²) in [6.45, 7) is 6.59. The van der Waals surface area contributed by atoms with E-state index in [1.54, 1.807) is 0 Å². The fourth-order valence-electron chi connectivity index (χ4n) is 0.477. The van der Waals surface area contributed by atoms with Crippen LogP contribution in [0.1, 0.15) is 13.8 Å². The molecule has 0 aromatic carbocycles. The molecule has 0 aliphatic carbocycles. The first-order chi connectivity index (χ1) is 4.18. The molecule has 0 fully saturated rings. The molecule has 0 saturated carbocycles. The molecule has 1 N–H and O–H groups in total. The average Bonchev–Trinajstić information content (AvgIpc) is 1.82. The number of rotatable bonds is 4. The zero-order valence-electron chi connectivity index (χ0n) is 6.32. The van der Waals surface area contributed by atoms with Gasteiger partial charge in [0, 0.05) is 42.0 Å². The summed E-state index contributed by atoms with van der Waals surface area (Å²) in [6.07, 6.45) is 0. The van der Waals surface area contributed by atoms with Crippen LogP contribution < -0.4 is 3.53 Å². The van der Waals surface area contributed by atoms with Gasteiger partial charge in [-0.2, -0.15) is 0 Å². The molecule has 0 bridgehead atoms. The third-order valence-electron chi connectivity index (χ3n) is 1.44. The maximum absolute atomic E-state index is 3.08. The van der Waals surface area contributed by atoms with Crippen LogP contribution in [0.5, 0.6) is 0 Å². The predicted molar refractivity (Wildman–Crippen MR) is 49.8 cm³/mol. The molecule has 9 heavy (non-hydrogen) atoms. The van der Waals surface area contributed by atoms with Gasteiger partial charge in [0.05, 0.1) is 0 Å². The third-order valence-corrected chi connectivity index (χ3v) is 1.98. The molecular formula is C6H15IN2. The largest absolute Gasteiger partial charge is 0.303 e. The van der Waals surface area contributed by atoms with Crippen LogP contribution in [0.3, 0.4) is 0 Å². The molecule has 0 spiro atoms. The van der Waals surface area contributed by atoms with Crippen molar-refractivity contribution in [3.8, 4) is 0 Å². The minimum Gasteiger partial charge on any atom is -0.303 e. The molecular weight excluding hydrogens is 227 g/mol. The Morgan fingerprint density at radius 1 is 1.56 bits per heavy atom. The number of hydrogen-bond donors (Lipinski definition) is 1. The zero-order valence-corrected chi connectivity index (χ0v) is 8.47. The van der Waals surface area contributed by atoms with E-state index in [-0.39, 0.29) is 0 Å². The highest BCUT2D eigenvalue weighted by Crippen LogP contribution is 1.90. The highest BCUT2D eigenvalue weighted by molar-refractivity contribution is 14.1. The molecule has 3 heteroatoms. The summed E-state index contributed by atoms with van der Waals surface area (Å²) < 4.78 is 3.08. The summed E-state index contributed by atoms with van der Waals surface area (Å²) in [4.78, 5) is 2.31. The van der Waals surface area contributed by atoms with Crippen molar-refractivity contribution in [1.29, 1.82) is 0 Å². The van der Waals surface area contributed by atoms with E-state index in [9.17, 15) is 0 Å². The Labute approximate surface area is 71.5 Å². The molecule has 0 aromatic heterocycles. The smallest absolute Gasteiger partial charge is 0.0178 e. The third kappa shape index (κ3) is 5.11. The monoisotopic (exact) mass is 242 g/mol. The van der Waals surface area contributed by atoms with E-state index in [0.29, 0.717) is 6.04 Å². The molecule has 0 amide bonds. The molecule has 0 radical (unpaired) electrons. The Kier molecular flexibility index (Phi) is 5.83. The minimum atomic E-state index is 0.662. The van der Waals surface area contributed by atoms with Gasteiger partial charge in [-0.25, -0.2) is 0 Å². The Morgan fingerprint density at radius 2 is 2.11 bits per heavy atom. The maximum Gasteiger partial charge on any atom is 0.0178 e. The lowest BCUT2D eigenvalue weighted by Gasteiger charge is -2.19. The van der Waals surface area contributed by atoms with Crippen molar-refractivity contribution in [2.24, 2.45) is 0 Å². The molecule has 0 saturated heterocycles. The van der Waals surface area contributed by atoms with Gasteiger partial charge in [-0.3, -0.25) is 3.53 Å². The molecule has 0 aromatic rings. The summed E-state index contributed by atoms with van der Waals surface area (Å²) in [5, 5.41) is 0. The fourth-order valence-corrected chi connectivity index (χ4v) is 0.718. The van der Waals surface area contributed by atoms with Gasteiger partial charge >= 0.3 is 0 Å². The first-order valence-corrected chi connectivity index (χ1v) is 4.30. The number of nitrogens with one attached hydrogen (secondary N) is 1. The quantitative estimate of drug-likeness (QED) is 0.590. The lowest BCUT2D eigenvalue weighted by Crippen LogP contribution is -2.31. The van der Waals surface area contributed by atoms with Crippen molar-refractivity contribution in [2.75, 3.05) is 20.1 Å². The van der Waals surface area contributed by atoms with Gasteiger partial charge in [0.15, 0.2) is 0 Å². The summed E-state index contributed by atoms with van der Waals surface area (Å²) >= 11 is 2.17. The summed E-state index contributed by atoms with van der Waals surface area (Å²) in [5.41, 5.74) is 0. The average molecular weight is 242 g/mol. The van der Waals surface area contributed by atoms with Crippen LogP contribution >= 0.6 is 22.9 Å². The zero-order chi connectivity index (χ0) is 7.28. The number of likely N-dealkylation sites (N-methyl/N-ethyl adjacent to an activating group) is 1. The second-order valence-corrected chi connectivity index (χ2v) is 3.22. The second kappa shape index (κ2) is 5.44. The van der Waals surface area contributed by atoms with E-state index in [0.717, 1.165) is 13.1 Å². The molecule has 0 aliphatic heterocycles. The molecule has 0 unspecified atom stereocenters. The van der Waals surface area contributed by atoms with Crippen molar-refractivity contribution >= 4 is 22.9 Å². The van der Waals surface area contributed by atoms with Crippen molar-refractivity contribution in [3.63, 3.8) is 0 Å². The standard InChI is InChI=1S/C6H15IN2/c1-6(2)9(3)5-4-8-7/h6,8H,4-5H2,1-3H3. The highest BCUT2D eigenvalue weighted by atomic mass is 127. The second-order valence-electron chi connectivity index (χ2n) is 2.46. The summed E-state index contributed by atoms with van der Waals surface area (Å²) in [7, 11) is 2.14. The van der Waals surface area contributed by atoms with Gasteiger partial charge in [-0.15, -0.1) is 0 Å². The van der Waals surface area contributed by atoms with E-state index >= 15 is 0 Å². The van der Waals surface area contributed by atoms with Gasteiger partial charge in [-0.05, 0) is 20.9 Å². The number of hydrogen-bond acceptors (Lipinski definition) is 2. The first-order valence-electron chi connectivity index (χ1n) is 3.22. The van der Waals surface area contributed by atoms with Crippen LogP contribution in [0.25, 0.3) is 0 Å². The fraction of sp³-hybridized carbons (Fsp3) is 1.00. The topological polar surface area (TPSA) is 15.3 Å². The van der Waals surface area contributed by atoms with Crippen molar-refractivity contribution in [3.05, 3.63) is 0 Å². The van der Waals surface area contributed by atoms with Gasteiger partial charge < -0.3 is 4.90 Å². The molecule has 0 rings (SSSR count). The lowest BCUT2D eigenvalue weighted by molar-refractivity contribution is 0.280. The molecule has 56 valence electrons. The number of halogens is 1. The van der Waals surface area contributed by atoms with Gasteiger partial charge in [0.25, 0.3) is 0 Å². The van der Waals surface area contributed by atoms with Crippen LogP contribution in [-0.2, 0) is 0 Å². The van der Waals surface area contributed by atoms with E-state index in [1.165, 1.54) is 0 Å². The van der Waals surface area contributed by atoms with E-state index in [1.807, 2.05) is 0 Å².